The zero-order chi connectivity index (χ0) is 14.2. The predicted molar refractivity (Wildman–Crippen MR) is 74.3 cm³/mol. The number of nitrogens with one attached hydrogen (secondary N) is 1. The Morgan fingerprint density at radius 1 is 1.32 bits per heavy atom. The fourth-order valence-electron chi connectivity index (χ4n) is 1.95. The standard InChI is InChI=1S/C12H16N4O2S/c1-8-12(9(2)16(3)14-8)19(17,18)15-11-6-4-5-10(13)7-11/h4-7,15H,13H2,1-3H3. The molecule has 0 saturated carbocycles. The molecule has 2 aromatic rings. The zero-order valence-corrected chi connectivity index (χ0v) is 11.8. The first kappa shape index (κ1) is 13.4. The highest BCUT2D eigenvalue weighted by atomic mass is 32.2. The Hall–Kier alpha value is -2.02. The highest BCUT2D eigenvalue weighted by Gasteiger charge is 2.23. The van der Waals surface area contributed by atoms with Crippen LogP contribution in [0.2, 0.25) is 0 Å². The van der Waals surface area contributed by atoms with Crippen LogP contribution >= 0.6 is 0 Å². The number of hydrogen-bond acceptors (Lipinski definition) is 4. The quantitative estimate of drug-likeness (QED) is 0.832. The Morgan fingerprint density at radius 2 is 2.00 bits per heavy atom. The molecule has 1 heterocycles. The van der Waals surface area contributed by atoms with E-state index < -0.39 is 10.0 Å². The van der Waals surface area contributed by atoms with Crippen molar-refractivity contribution >= 4 is 21.4 Å². The highest BCUT2D eigenvalue weighted by molar-refractivity contribution is 7.92. The van der Waals surface area contributed by atoms with Crippen molar-refractivity contribution in [2.45, 2.75) is 18.7 Å². The van der Waals surface area contributed by atoms with Crippen LogP contribution in [-0.4, -0.2) is 18.2 Å². The van der Waals surface area contributed by atoms with Crippen LogP contribution < -0.4 is 10.5 Å². The van der Waals surface area contributed by atoms with Crippen LogP contribution in [0.3, 0.4) is 0 Å². The number of sulfonamides is 1. The van der Waals surface area contributed by atoms with Crippen molar-refractivity contribution in [3.8, 4) is 0 Å². The van der Waals surface area contributed by atoms with Crippen molar-refractivity contribution in [2.24, 2.45) is 7.05 Å². The normalized spacial score (nSPS) is 11.5. The minimum atomic E-state index is -3.66. The Bertz CT molecular complexity index is 719. The first-order valence-corrected chi connectivity index (χ1v) is 7.18. The SMILES string of the molecule is Cc1nn(C)c(C)c1S(=O)(=O)Nc1cccc(N)c1. The maximum absolute atomic E-state index is 12.4. The number of rotatable bonds is 3. The van der Waals surface area contributed by atoms with Gasteiger partial charge in [-0.3, -0.25) is 9.40 Å². The van der Waals surface area contributed by atoms with Gasteiger partial charge in [0.2, 0.25) is 0 Å². The fourth-order valence-corrected chi connectivity index (χ4v) is 3.44. The van der Waals surface area contributed by atoms with Crippen molar-refractivity contribution in [1.82, 2.24) is 9.78 Å². The van der Waals surface area contributed by atoms with Crippen LogP contribution in [0.15, 0.2) is 29.2 Å². The molecule has 19 heavy (non-hydrogen) atoms. The van der Waals surface area contributed by atoms with Gasteiger partial charge in [0.05, 0.1) is 17.1 Å². The molecule has 0 unspecified atom stereocenters. The predicted octanol–water partition coefficient (Wildman–Crippen LogP) is 1.42. The Morgan fingerprint density at radius 3 is 2.53 bits per heavy atom. The van der Waals surface area contributed by atoms with E-state index in [1.165, 1.54) is 0 Å². The number of aromatic nitrogens is 2. The van der Waals surface area contributed by atoms with E-state index >= 15 is 0 Å². The summed E-state index contributed by atoms with van der Waals surface area (Å²) in [6, 6.07) is 6.60. The first-order chi connectivity index (χ1) is 8.81. The molecular formula is C12H16N4O2S. The topological polar surface area (TPSA) is 90.0 Å². The molecule has 0 fully saturated rings. The van der Waals surface area contributed by atoms with Gasteiger partial charge in [-0.15, -0.1) is 0 Å². The average Bonchev–Trinajstić information content (AvgIpc) is 2.52. The van der Waals surface area contributed by atoms with Gasteiger partial charge in [-0.2, -0.15) is 5.10 Å². The summed E-state index contributed by atoms with van der Waals surface area (Å²) in [6.45, 7) is 3.38. The molecule has 7 heteroatoms. The number of aryl methyl sites for hydroxylation is 2. The van der Waals surface area contributed by atoms with Gasteiger partial charge in [0.15, 0.2) is 0 Å². The molecule has 0 aliphatic rings. The van der Waals surface area contributed by atoms with E-state index in [1.54, 1.807) is 49.8 Å². The lowest BCUT2D eigenvalue weighted by Gasteiger charge is -2.08. The summed E-state index contributed by atoms with van der Waals surface area (Å²) in [4.78, 5) is 0.206. The Labute approximate surface area is 112 Å². The van der Waals surface area contributed by atoms with Gasteiger partial charge in [0, 0.05) is 12.7 Å². The van der Waals surface area contributed by atoms with E-state index in [0.29, 0.717) is 22.8 Å². The molecular weight excluding hydrogens is 264 g/mol. The molecule has 2 rings (SSSR count). The van der Waals surface area contributed by atoms with Gasteiger partial charge in [-0.25, -0.2) is 8.42 Å². The van der Waals surface area contributed by atoms with Gasteiger partial charge in [0.25, 0.3) is 10.0 Å². The monoisotopic (exact) mass is 280 g/mol. The molecule has 0 amide bonds. The summed E-state index contributed by atoms with van der Waals surface area (Å²) in [5.41, 5.74) is 7.62. The lowest BCUT2D eigenvalue weighted by molar-refractivity contribution is 0.599. The minimum Gasteiger partial charge on any atom is -0.399 e. The van der Waals surface area contributed by atoms with Crippen molar-refractivity contribution in [2.75, 3.05) is 10.5 Å². The molecule has 0 bridgehead atoms. The van der Waals surface area contributed by atoms with E-state index in [2.05, 4.69) is 9.82 Å². The number of nitrogens with zero attached hydrogens (tertiary/aromatic N) is 2. The second kappa shape index (κ2) is 4.58. The number of nitrogen functional groups attached to an aromatic ring is 1. The molecule has 0 atom stereocenters. The van der Waals surface area contributed by atoms with Gasteiger partial charge < -0.3 is 5.73 Å². The number of anilines is 2. The van der Waals surface area contributed by atoms with Crippen LogP contribution in [-0.2, 0) is 17.1 Å². The van der Waals surface area contributed by atoms with Gasteiger partial charge >= 0.3 is 0 Å². The second-order valence-corrected chi connectivity index (χ2v) is 5.97. The molecule has 0 radical (unpaired) electrons. The molecule has 1 aromatic heterocycles. The maximum Gasteiger partial charge on any atom is 0.265 e. The van der Waals surface area contributed by atoms with E-state index in [0.717, 1.165) is 0 Å². The number of benzene rings is 1. The Balaban J connectivity index is 2.44. The van der Waals surface area contributed by atoms with Crippen LogP contribution in [0.4, 0.5) is 11.4 Å². The van der Waals surface area contributed by atoms with Crippen LogP contribution in [0.5, 0.6) is 0 Å². The molecule has 0 aliphatic heterocycles. The summed E-state index contributed by atoms with van der Waals surface area (Å²) in [7, 11) is -1.95. The third kappa shape index (κ3) is 2.55. The molecule has 6 nitrogen and oxygen atoms in total. The smallest absolute Gasteiger partial charge is 0.265 e. The first-order valence-electron chi connectivity index (χ1n) is 5.70. The van der Waals surface area contributed by atoms with Crippen LogP contribution in [0.25, 0.3) is 0 Å². The second-order valence-electron chi connectivity index (χ2n) is 4.35. The fraction of sp³-hybridized carbons (Fsp3) is 0.250. The van der Waals surface area contributed by atoms with Gasteiger partial charge in [0.1, 0.15) is 4.90 Å². The van der Waals surface area contributed by atoms with E-state index in [9.17, 15) is 8.42 Å². The largest absolute Gasteiger partial charge is 0.399 e. The van der Waals surface area contributed by atoms with Crippen molar-refractivity contribution < 1.29 is 8.42 Å². The van der Waals surface area contributed by atoms with E-state index in [-0.39, 0.29) is 4.90 Å². The number of nitrogens with two attached hydrogens (primary N) is 1. The van der Waals surface area contributed by atoms with Gasteiger partial charge in [-0.1, -0.05) is 6.07 Å². The van der Waals surface area contributed by atoms with E-state index in [4.69, 9.17) is 5.73 Å². The Kier molecular flexibility index (Phi) is 3.23. The lowest BCUT2D eigenvalue weighted by atomic mass is 10.3. The summed E-state index contributed by atoms with van der Waals surface area (Å²) in [5.74, 6) is 0. The summed E-state index contributed by atoms with van der Waals surface area (Å²) in [5, 5.41) is 4.11. The molecule has 0 aliphatic carbocycles. The van der Waals surface area contributed by atoms with Crippen molar-refractivity contribution in [1.29, 1.82) is 0 Å². The van der Waals surface area contributed by atoms with Crippen LogP contribution in [0.1, 0.15) is 11.4 Å². The summed E-state index contributed by atoms with van der Waals surface area (Å²) in [6.07, 6.45) is 0. The van der Waals surface area contributed by atoms with Crippen molar-refractivity contribution in [3.63, 3.8) is 0 Å². The molecule has 102 valence electrons. The third-order valence-corrected chi connectivity index (χ3v) is 4.48. The summed E-state index contributed by atoms with van der Waals surface area (Å²) >= 11 is 0. The number of hydrogen-bond donors (Lipinski definition) is 2. The summed E-state index contributed by atoms with van der Waals surface area (Å²) < 4.78 is 28.8. The average molecular weight is 280 g/mol. The van der Waals surface area contributed by atoms with E-state index in [1.807, 2.05) is 0 Å². The highest BCUT2D eigenvalue weighted by Crippen LogP contribution is 2.22. The molecule has 3 N–H and O–H groups in total. The minimum absolute atomic E-state index is 0.206. The maximum atomic E-state index is 12.4. The van der Waals surface area contributed by atoms with Crippen LogP contribution in [0, 0.1) is 13.8 Å². The lowest BCUT2D eigenvalue weighted by Crippen LogP contribution is -2.15. The van der Waals surface area contributed by atoms with Crippen molar-refractivity contribution in [3.05, 3.63) is 35.7 Å². The molecule has 1 aromatic carbocycles. The third-order valence-electron chi connectivity index (χ3n) is 2.85. The molecule has 0 spiro atoms. The van der Waals surface area contributed by atoms with Gasteiger partial charge in [-0.05, 0) is 32.0 Å². The zero-order valence-electron chi connectivity index (χ0n) is 11.0. The molecule has 0 saturated heterocycles.